The van der Waals surface area contributed by atoms with Crippen LogP contribution in [0.25, 0.3) is 0 Å². The van der Waals surface area contributed by atoms with E-state index in [0.717, 1.165) is 0 Å². The van der Waals surface area contributed by atoms with Crippen LogP contribution in [0.2, 0.25) is 0 Å². The molecule has 0 spiro atoms. The van der Waals surface area contributed by atoms with E-state index in [4.69, 9.17) is 10.00 Å². The van der Waals surface area contributed by atoms with Gasteiger partial charge in [0.1, 0.15) is 5.75 Å². The number of hydrazine groups is 1. The number of sulfonamides is 1. The van der Waals surface area contributed by atoms with E-state index in [1.54, 1.807) is 42.5 Å². The van der Waals surface area contributed by atoms with Gasteiger partial charge >= 0.3 is 0 Å². The third kappa shape index (κ3) is 6.07. The quantitative estimate of drug-likeness (QED) is 0.472. The fourth-order valence-corrected chi connectivity index (χ4v) is 3.59. The highest BCUT2D eigenvalue weighted by atomic mass is 32.2. The van der Waals surface area contributed by atoms with E-state index in [0.29, 0.717) is 11.3 Å². The van der Waals surface area contributed by atoms with Gasteiger partial charge in [0.2, 0.25) is 0 Å². The molecule has 0 aromatic heterocycles. The summed E-state index contributed by atoms with van der Waals surface area (Å²) >= 11 is 0. The lowest BCUT2D eigenvalue weighted by Crippen LogP contribution is -2.43. The van der Waals surface area contributed by atoms with Crippen molar-refractivity contribution in [2.75, 3.05) is 11.3 Å². The number of carbonyl (C=O) groups excluding carboxylic acids is 2. The lowest BCUT2D eigenvalue weighted by atomic mass is 10.2. The second-order valence-electron chi connectivity index (χ2n) is 6.42. The number of rotatable bonds is 7. The predicted octanol–water partition coefficient (Wildman–Crippen LogP) is 2.20. The zero-order valence-corrected chi connectivity index (χ0v) is 17.4. The molecule has 0 unspecified atom stereocenters. The third-order valence-electron chi connectivity index (χ3n) is 4.12. The fourth-order valence-electron chi connectivity index (χ4n) is 2.51. The van der Waals surface area contributed by atoms with Crippen LogP contribution in [0.3, 0.4) is 0 Å². The Labute approximate surface area is 184 Å². The Bertz CT molecular complexity index is 1240. The summed E-state index contributed by atoms with van der Waals surface area (Å²) in [6.07, 6.45) is 0. The first-order chi connectivity index (χ1) is 15.4. The van der Waals surface area contributed by atoms with Crippen molar-refractivity contribution in [3.63, 3.8) is 0 Å². The van der Waals surface area contributed by atoms with Gasteiger partial charge in [0.15, 0.2) is 6.61 Å². The topological polar surface area (TPSA) is 137 Å². The van der Waals surface area contributed by atoms with E-state index in [1.165, 1.54) is 36.4 Å². The summed E-state index contributed by atoms with van der Waals surface area (Å²) in [4.78, 5) is 24.1. The molecule has 0 saturated carbocycles. The predicted molar refractivity (Wildman–Crippen MR) is 116 cm³/mol. The number of hydrogen-bond donors (Lipinski definition) is 3. The molecule has 3 aromatic carbocycles. The normalized spacial score (nSPS) is 10.5. The molecule has 3 aromatic rings. The highest BCUT2D eigenvalue weighted by molar-refractivity contribution is 7.92. The maximum Gasteiger partial charge on any atom is 0.276 e. The summed E-state index contributed by atoms with van der Waals surface area (Å²) < 4.78 is 32.4. The van der Waals surface area contributed by atoms with Crippen LogP contribution in [0.15, 0.2) is 83.8 Å². The van der Waals surface area contributed by atoms with Gasteiger partial charge in [-0.3, -0.25) is 25.2 Å². The van der Waals surface area contributed by atoms with Gasteiger partial charge in [0.05, 0.1) is 16.5 Å². The third-order valence-corrected chi connectivity index (χ3v) is 5.52. The largest absolute Gasteiger partial charge is 0.484 e. The van der Waals surface area contributed by atoms with Gasteiger partial charge in [-0.25, -0.2) is 8.42 Å². The van der Waals surface area contributed by atoms with Gasteiger partial charge in [-0.2, -0.15) is 5.26 Å². The van der Waals surface area contributed by atoms with Crippen molar-refractivity contribution in [2.45, 2.75) is 4.90 Å². The first kappa shape index (κ1) is 22.3. The number of carbonyl (C=O) groups is 2. The van der Waals surface area contributed by atoms with Gasteiger partial charge in [0.25, 0.3) is 21.8 Å². The van der Waals surface area contributed by atoms with Crippen LogP contribution >= 0.6 is 0 Å². The Morgan fingerprint density at radius 1 is 0.875 bits per heavy atom. The summed E-state index contributed by atoms with van der Waals surface area (Å²) in [5, 5.41) is 8.75. The lowest BCUT2D eigenvalue weighted by molar-refractivity contribution is -0.123. The highest BCUT2D eigenvalue weighted by Gasteiger charge is 2.14. The van der Waals surface area contributed by atoms with Crippen LogP contribution in [0.4, 0.5) is 5.69 Å². The molecule has 2 amide bonds. The number of ether oxygens (including phenoxy) is 1. The maximum atomic E-state index is 12.3. The van der Waals surface area contributed by atoms with Crippen molar-refractivity contribution in [3.05, 3.63) is 90.0 Å². The molecular weight excluding hydrogens is 432 g/mol. The summed E-state index contributed by atoms with van der Waals surface area (Å²) in [7, 11) is -3.74. The number of nitrogens with one attached hydrogen (secondary N) is 3. The standard InChI is InChI=1S/C22H18N4O5S/c23-14-16-6-12-19(13-7-16)31-15-21(27)24-25-22(28)17-8-10-18(11-9-17)26-32(29,30)20-4-2-1-3-5-20/h1-13,26H,15H2,(H,24,27)(H,25,28). The average molecular weight is 450 g/mol. The Morgan fingerprint density at radius 3 is 2.16 bits per heavy atom. The van der Waals surface area contributed by atoms with Crippen LogP contribution in [0.5, 0.6) is 5.75 Å². The summed E-state index contributed by atoms with van der Waals surface area (Å²) in [6.45, 7) is -0.341. The lowest BCUT2D eigenvalue weighted by Gasteiger charge is -2.10. The Hall–Kier alpha value is -4.36. The molecule has 10 heteroatoms. The molecule has 0 aliphatic rings. The summed E-state index contributed by atoms with van der Waals surface area (Å²) in [5.41, 5.74) is 5.42. The molecule has 0 heterocycles. The zero-order valence-electron chi connectivity index (χ0n) is 16.6. The smallest absolute Gasteiger partial charge is 0.276 e. The first-order valence-corrected chi connectivity index (χ1v) is 10.8. The first-order valence-electron chi connectivity index (χ1n) is 9.27. The minimum Gasteiger partial charge on any atom is -0.484 e. The van der Waals surface area contributed by atoms with Crippen molar-refractivity contribution in [1.82, 2.24) is 10.9 Å². The number of hydrogen-bond acceptors (Lipinski definition) is 6. The van der Waals surface area contributed by atoms with E-state index >= 15 is 0 Å². The average Bonchev–Trinajstić information content (AvgIpc) is 2.82. The SMILES string of the molecule is N#Cc1ccc(OCC(=O)NNC(=O)c2ccc(NS(=O)(=O)c3ccccc3)cc2)cc1. The van der Waals surface area contributed by atoms with E-state index in [2.05, 4.69) is 15.6 Å². The van der Waals surface area contributed by atoms with E-state index in [-0.39, 0.29) is 22.8 Å². The minimum atomic E-state index is -3.74. The van der Waals surface area contributed by atoms with Crippen LogP contribution in [-0.2, 0) is 14.8 Å². The van der Waals surface area contributed by atoms with Crippen molar-refractivity contribution in [3.8, 4) is 11.8 Å². The number of anilines is 1. The number of amides is 2. The van der Waals surface area contributed by atoms with Crippen LogP contribution in [0.1, 0.15) is 15.9 Å². The Morgan fingerprint density at radius 2 is 1.53 bits per heavy atom. The molecule has 3 N–H and O–H groups in total. The van der Waals surface area contributed by atoms with Gasteiger partial charge in [-0.15, -0.1) is 0 Å². The summed E-state index contributed by atoms with van der Waals surface area (Å²) in [5.74, 6) is -0.775. The molecule has 32 heavy (non-hydrogen) atoms. The molecule has 0 bridgehead atoms. The van der Waals surface area contributed by atoms with Crippen molar-refractivity contribution in [1.29, 1.82) is 5.26 Å². The van der Waals surface area contributed by atoms with E-state index < -0.39 is 21.8 Å². The van der Waals surface area contributed by atoms with Gasteiger partial charge in [0, 0.05) is 11.3 Å². The van der Waals surface area contributed by atoms with Crippen molar-refractivity contribution in [2.24, 2.45) is 0 Å². The molecule has 0 aliphatic carbocycles. The maximum absolute atomic E-state index is 12.3. The fraction of sp³-hybridized carbons (Fsp3) is 0.0455. The van der Waals surface area contributed by atoms with Crippen LogP contribution in [0, 0.1) is 11.3 Å². The zero-order chi connectivity index (χ0) is 23.0. The number of benzene rings is 3. The van der Waals surface area contributed by atoms with Crippen molar-refractivity contribution < 1.29 is 22.7 Å². The molecule has 0 aliphatic heterocycles. The molecule has 0 saturated heterocycles. The minimum absolute atomic E-state index is 0.118. The monoisotopic (exact) mass is 450 g/mol. The Balaban J connectivity index is 1.49. The highest BCUT2D eigenvalue weighted by Crippen LogP contribution is 2.16. The van der Waals surface area contributed by atoms with Crippen molar-refractivity contribution >= 4 is 27.5 Å². The van der Waals surface area contributed by atoms with Crippen LogP contribution in [-0.4, -0.2) is 26.8 Å². The van der Waals surface area contributed by atoms with E-state index in [9.17, 15) is 18.0 Å². The molecule has 3 rings (SSSR count). The molecule has 162 valence electrons. The van der Waals surface area contributed by atoms with Gasteiger partial charge in [-0.05, 0) is 60.7 Å². The van der Waals surface area contributed by atoms with Crippen LogP contribution < -0.4 is 20.3 Å². The molecule has 9 nitrogen and oxygen atoms in total. The van der Waals surface area contributed by atoms with E-state index in [1.807, 2.05) is 6.07 Å². The summed E-state index contributed by atoms with van der Waals surface area (Å²) in [6, 6.07) is 21.8. The van der Waals surface area contributed by atoms with Gasteiger partial charge < -0.3 is 4.74 Å². The molecule has 0 atom stereocenters. The molecule has 0 radical (unpaired) electrons. The molecular formula is C22H18N4O5S. The van der Waals surface area contributed by atoms with Gasteiger partial charge in [-0.1, -0.05) is 18.2 Å². The molecule has 0 fully saturated rings. The number of nitrogens with zero attached hydrogens (tertiary/aromatic N) is 1. The number of nitriles is 1. The second kappa shape index (κ2) is 10.1. The Kier molecular flexibility index (Phi) is 7.05. The second-order valence-corrected chi connectivity index (χ2v) is 8.11.